The summed E-state index contributed by atoms with van der Waals surface area (Å²) in [5.74, 6) is 1.11. The number of aromatic nitrogens is 2. The minimum atomic E-state index is 0.443. The summed E-state index contributed by atoms with van der Waals surface area (Å²) in [4.78, 5) is 4.27. The molecule has 0 aliphatic carbocycles. The van der Waals surface area contributed by atoms with Crippen molar-refractivity contribution in [3.05, 3.63) is 30.9 Å². The van der Waals surface area contributed by atoms with Crippen LogP contribution in [0.5, 0.6) is 0 Å². The summed E-state index contributed by atoms with van der Waals surface area (Å²) in [6.07, 6.45) is 7.66. The van der Waals surface area contributed by atoms with E-state index in [1.54, 1.807) is 0 Å². The maximum Gasteiger partial charge on any atom is 0.109 e. The van der Waals surface area contributed by atoms with Crippen LogP contribution in [0.15, 0.2) is 25.0 Å². The van der Waals surface area contributed by atoms with E-state index < -0.39 is 0 Å². The second-order valence-corrected chi connectivity index (χ2v) is 3.17. The van der Waals surface area contributed by atoms with E-state index in [1.165, 1.54) is 0 Å². The first kappa shape index (κ1) is 9.99. The molecule has 0 saturated carbocycles. The van der Waals surface area contributed by atoms with Gasteiger partial charge in [-0.15, -0.1) is 6.58 Å². The molecule has 1 unspecified atom stereocenters. The second kappa shape index (κ2) is 4.82. The highest BCUT2D eigenvalue weighted by molar-refractivity contribution is 4.95. The smallest absolute Gasteiger partial charge is 0.109 e. The van der Waals surface area contributed by atoms with Crippen LogP contribution in [0.3, 0.4) is 0 Å². The van der Waals surface area contributed by atoms with Crippen LogP contribution < -0.4 is 5.32 Å². The molecular formula is C10H17N3. The van der Waals surface area contributed by atoms with Crippen LogP contribution in [0.2, 0.25) is 0 Å². The summed E-state index contributed by atoms with van der Waals surface area (Å²) in [6.45, 7) is 3.73. The number of rotatable bonds is 5. The van der Waals surface area contributed by atoms with Gasteiger partial charge in [0.1, 0.15) is 5.82 Å². The van der Waals surface area contributed by atoms with Crippen molar-refractivity contribution >= 4 is 0 Å². The third kappa shape index (κ3) is 2.70. The fraction of sp³-hybridized carbons (Fsp3) is 0.500. The predicted molar refractivity (Wildman–Crippen MR) is 54.6 cm³/mol. The molecule has 1 aromatic heterocycles. The van der Waals surface area contributed by atoms with E-state index in [2.05, 4.69) is 16.9 Å². The van der Waals surface area contributed by atoms with Crippen molar-refractivity contribution in [1.82, 2.24) is 14.9 Å². The third-order valence-electron chi connectivity index (χ3n) is 2.21. The molecule has 0 spiro atoms. The third-order valence-corrected chi connectivity index (χ3v) is 2.21. The van der Waals surface area contributed by atoms with Gasteiger partial charge in [-0.2, -0.15) is 0 Å². The Labute approximate surface area is 79.5 Å². The van der Waals surface area contributed by atoms with E-state index >= 15 is 0 Å². The molecule has 0 aliphatic heterocycles. The standard InChI is InChI=1S/C10H17N3/c1-4-5-9(11-2)8-10-12-6-7-13(10)3/h4,6-7,9,11H,1,5,8H2,2-3H3. The number of hydrogen-bond acceptors (Lipinski definition) is 2. The summed E-state index contributed by atoms with van der Waals surface area (Å²) in [6, 6.07) is 0.443. The molecule has 1 atom stereocenters. The molecule has 1 N–H and O–H groups in total. The van der Waals surface area contributed by atoms with Crippen LogP contribution >= 0.6 is 0 Å². The fourth-order valence-corrected chi connectivity index (χ4v) is 1.32. The number of nitrogens with zero attached hydrogens (tertiary/aromatic N) is 2. The maximum atomic E-state index is 4.27. The Balaban J connectivity index is 2.55. The minimum absolute atomic E-state index is 0.443. The Morgan fingerprint density at radius 2 is 2.54 bits per heavy atom. The average Bonchev–Trinajstić information content (AvgIpc) is 2.51. The maximum absolute atomic E-state index is 4.27. The molecule has 0 aromatic carbocycles. The highest BCUT2D eigenvalue weighted by atomic mass is 15.0. The van der Waals surface area contributed by atoms with E-state index in [-0.39, 0.29) is 0 Å². The van der Waals surface area contributed by atoms with Crippen LogP contribution in [0.25, 0.3) is 0 Å². The Kier molecular flexibility index (Phi) is 3.71. The molecule has 1 rings (SSSR count). The molecule has 0 aliphatic rings. The highest BCUT2D eigenvalue weighted by Gasteiger charge is 2.07. The van der Waals surface area contributed by atoms with Crippen molar-refractivity contribution in [2.24, 2.45) is 7.05 Å². The molecule has 1 aromatic rings. The normalized spacial score (nSPS) is 12.8. The quantitative estimate of drug-likeness (QED) is 0.687. The van der Waals surface area contributed by atoms with Crippen LogP contribution in [0.4, 0.5) is 0 Å². The molecule has 72 valence electrons. The summed E-state index contributed by atoms with van der Waals surface area (Å²) >= 11 is 0. The van der Waals surface area contributed by atoms with Gasteiger partial charge in [-0.1, -0.05) is 6.08 Å². The van der Waals surface area contributed by atoms with Crippen molar-refractivity contribution in [3.63, 3.8) is 0 Å². The van der Waals surface area contributed by atoms with Gasteiger partial charge in [-0.3, -0.25) is 0 Å². The number of hydrogen-bond donors (Lipinski definition) is 1. The topological polar surface area (TPSA) is 29.9 Å². The Morgan fingerprint density at radius 1 is 1.77 bits per heavy atom. The lowest BCUT2D eigenvalue weighted by atomic mass is 10.1. The zero-order valence-corrected chi connectivity index (χ0v) is 8.33. The molecule has 0 saturated heterocycles. The number of nitrogens with one attached hydrogen (secondary N) is 1. The SMILES string of the molecule is C=CCC(Cc1nccn1C)NC. The lowest BCUT2D eigenvalue weighted by molar-refractivity contribution is 0.542. The van der Waals surface area contributed by atoms with Crippen molar-refractivity contribution < 1.29 is 0 Å². The van der Waals surface area contributed by atoms with Gasteiger partial charge >= 0.3 is 0 Å². The second-order valence-electron chi connectivity index (χ2n) is 3.17. The van der Waals surface area contributed by atoms with Crippen molar-refractivity contribution in [3.8, 4) is 0 Å². The lowest BCUT2D eigenvalue weighted by Gasteiger charge is -2.13. The van der Waals surface area contributed by atoms with Crippen LogP contribution in [0.1, 0.15) is 12.2 Å². The van der Waals surface area contributed by atoms with Crippen LogP contribution in [-0.4, -0.2) is 22.6 Å². The molecule has 0 fully saturated rings. The monoisotopic (exact) mass is 179 g/mol. The van der Waals surface area contributed by atoms with E-state index in [0.717, 1.165) is 18.7 Å². The number of imidazole rings is 1. The van der Waals surface area contributed by atoms with Crippen LogP contribution in [-0.2, 0) is 13.5 Å². The Hall–Kier alpha value is -1.09. The largest absolute Gasteiger partial charge is 0.338 e. The Bertz CT molecular complexity index is 265. The molecule has 3 heteroatoms. The molecule has 0 amide bonds. The van der Waals surface area contributed by atoms with Gasteiger partial charge in [0.25, 0.3) is 0 Å². The van der Waals surface area contributed by atoms with Crippen molar-refractivity contribution in [1.29, 1.82) is 0 Å². The molecule has 3 nitrogen and oxygen atoms in total. The van der Waals surface area contributed by atoms with Crippen molar-refractivity contribution in [2.75, 3.05) is 7.05 Å². The van der Waals surface area contributed by atoms with Gasteiger partial charge in [-0.05, 0) is 13.5 Å². The first-order chi connectivity index (χ1) is 6.27. The molecule has 0 bridgehead atoms. The summed E-state index contributed by atoms with van der Waals surface area (Å²) in [5.41, 5.74) is 0. The zero-order chi connectivity index (χ0) is 9.68. The van der Waals surface area contributed by atoms with Gasteiger partial charge in [0.05, 0.1) is 0 Å². The molecular weight excluding hydrogens is 162 g/mol. The predicted octanol–water partition coefficient (Wildman–Crippen LogP) is 1.13. The fourth-order valence-electron chi connectivity index (χ4n) is 1.32. The van der Waals surface area contributed by atoms with Crippen molar-refractivity contribution in [2.45, 2.75) is 18.9 Å². The van der Waals surface area contributed by atoms with E-state index in [4.69, 9.17) is 0 Å². The zero-order valence-electron chi connectivity index (χ0n) is 8.33. The van der Waals surface area contributed by atoms with Gasteiger partial charge < -0.3 is 9.88 Å². The minimum Gasteiger partial charge on any atom is -0.338 e. The van der Waals surface area contributed by atoms with Crippen LogP contribution in [0, 0.1) is 0 Å². The van der Waals surface area contributed by atoms with Gasteiger partial charge in [0, 0.05) is 31.9 Å². The first-order valence-electron chi connectivity index (χ1n) is 4.52. The lowest BCUT2D eigenvalue weighted by Crippen LogP contribution is -2.27. The average molecular weight is 179 g/mol. The first-order valence-corrected chi connectivity index (χ1v) is 4.52. The summed E-state index contributed by atoms with van der Waals surface area (Å²) < 4.78 is 2.05. The number of likely N-dealkylation sites (N-methyl/N-ethyl adjacent to an activating group) is 1. The highest BCUT2D eigenvalue weighted by Crippen LogP contribution is 2.02. The van der Waals surface area contributed by atoms with Gasteiger partial charge in [0.15, 0.2) is 0 Å². The van der Waals surface area contributed by atoms with Gasteiger partial charge in [-0.25, -0.2) is 4.98 Å². The van der Waals surface area contributed by atoms with E-state index in [1.807, 2.05) is 37.1 Å². The number of aryl methyl sites for hydroxylation is 1. The summed E-state index contributed by atoms with van der Waals surface area (Å²) in [5, 5.41) is 3.24. The van der Waals surface area contributed by atoms with E-state index in [0.29, 0.717) is 6.04 Å². The summed E-state index contributed by atoms with van der Waals surface area (Å²) in [7, 11) is 3.99. The molecule has 1 heterocycles. The molecule has 13 heavy (non-hydrogen) atoms. The Morgan fingerprint density at radius 3 is 3.00 bits per heavy atom. The molecule has 0 radical (unpaired) electrons. The van der Waals surface area contributed by atoms with Gasteiger partial charge in [0.2, 0.25) is 0 Å². The van der Waals surface area contributed by atoms with E-state index in [9.17, 15) is 0 Å².